The highest BCUT2D eigenvalue weighted by atomic mass is 79.9. The van der Waals surface area contributed by atoms with Crippen molar-refractivity contribution in [2.75, 3.05) is 0 Å². The Labute approximate surface area is 133 Å². The molecule has 2 aromatic carbocycles. The molecule has 0 bridgehead atoms. The lowest BCUT2D eigenvalue weighted by Gasteiger charge is -1.99. The normalized spacial score (nSPS) is 9.70. The topological polar surface area (TPSA) is 17.1 Å². The molecule has 1 nitrogen and oxygen atoms in total. The van der Waals surface area contributed by atoms with Crippen molar-refractivity contribution >= 4 is 38.1 Å². The van der Waals surface area contributed by atoms with Crippen LogP contribution in [0.25, 0.3) is 0 Å². The Balaban J connectivity index is 0.000000204. The molecule has 0 amide bonds. The lowest BCUT2D eigenvalue weighted by Crippen LogP contribution is -1.90. The molecule has 0 unspecified atom stereocenters. The Morgan fingerprint density at radius 3 is 2.00 bits per heavy atom. The molecule has 20 heavy (non-hydrogen) atoms. The summed E-state index contributed by atoms with van der Waals surface area (Å²) in [4.78, 5) is 10.3. The summed E-state index contributed by atoms with van der Waals surface area (Å²) < 4.78 is 26.5. The van der Waals surface area contributed by atoms with Crippen molar-refractivity contribution < 1.29 is 13.6 Å². The molecule has 0 spiro atoms. The fourth-order valence-electron chi connectivity index (χ4n) is 1.52. The van der Waals surface area contributed by atoms with Crippen molar-refractivity contribution in [3.8, 4) is 0 Å². The third-order valence-corrected chi connectivity index (χ3v) is 3.46. The first-order valence-electron chi connectivity index (χ1n) is 5.67. The summed E-state index contributed by atoms with van der Waals surface area (Å²) in [7, 11) is 0. The van der Waals surface area contributed by atoms with Crippen LogP contribution in [0.3, 0.4) is 0 Å². The van der Waals surface area contributed by atoms with Crippen molar-refractivity contribution in [1.82, 2.24) is 0 Å². The van der Waals surface area contributed by atoms with E-state index in [1.54, 1.807) is 13.0 Å². The van der Waals surface area contributed by atoms with Gasteiger partial charge in [-0.25, -0.2) is 8.78 Å². The van der Waals surface area contributed by atoms with Crippen LogP contribution in [0.2, 0.25) is 0 Å². The lowest BCUT2D eigenvalue weighted by molar-refractivity contribution is 0.111. The van der Waals surface area contributed by atoms with Gasteiger partial charge in [0.2, 0.25) is 0 Å². The first-order chi connectivity index (χ1) is 9.33. The molecule has 0 saturated carbocycles. The number of carbonyl (C=O) groups is 1. The standard InChI is InChI=1S/C8H6BrFO.C7H6BrF/c1-5-2-7(9)6(4-11)8(10)3-5;1-5-2-6(8)4-7(9)3-5/h2-4H,1H3;2-4H,1H3. The van der Waals surface area contributed by atoms with Gasteiger partial charge in [0.1, 0.15) is 11.6 Å². The largest absolute Gasteiger partial charge is 0.298 e. The molecule has 2 rings (SSSR count). The van der Waals surface area contributed by atoms with Crippen LogP contribution < -0.4 is 0 Å². The van der Waals surface area contributed by atoms with E-state index in [-0.39, 0.29) is 11.4 Å². The highest BCUT2D eigenvalue weighted by Crippen LogP contribution is 2.19. The first kappa shape index (κ1) is 17.0. The van der Waals surface area contributed by atoms with Crippen LogP contribution in [0.4, 0.5) is 8.78 Å². The number of halogens is 4. The van der Waals surface area contributed by atoms with Crippen LogP contribution in [0, 0.1) is 25.5 Å². The highest BCUT2D eigenvalue weighted by molar-refractivity contribution is 9.10. The molecule has 0 atom stereocenters. The van der Waals surface area contributed by atoms with Crippen molar-refractivity contribution in [3.63, 3.8) is 0 Å². The number of aryl methyl sites for hydroxylation is 2. The number of benzene rings is 2. The molecular weight excluding hydrogens is 394 g/mol. The van der Waals surface area contributed by atoms with Gasteiger partial charge in [-0.1, -0.05) is 15.9 Å². The summed E-state index contributed by atoms with van der Waals surface area (Å²) in [6.07, 6.45) is 0.499. The second-order valence-electron chi connectivity index (χ2n) is 4.21. The molecule has 0 aromatic heterocycles. The maximum absolute atomic E-state index is 12.9. The number of hydrogen-bond donors (Lipinski definition) is 0. The molecule has 0 saturated heterocycles. The van der Waals surface area contributed by atoms with Crippen molar-refractivity contribution in [2.45, 2.75) is 13.8 Å². The molecule has 0 fully saturated rings. The number of hydrogen-bond acceptors (Lipinski definition) is 1. The van der Waals surface area contributed by atoms with Crippen molar-refractivity contribution in [1.29, 1.82) is 0 Å². The maximum Gasteiger partial charge on any atom is 0.154 e. The van der Waals surface area contributed by atoms with E-state index in [9.17, 15) is 13.6 Å². The number of rotatable bonds is 1. The summed E-state index contributed by atoms with van der Waals surface area (Å²) in [6, 6.07) is 7.82. The summed E-state index contributed by atoms with van der Waals surface area (Å²) in [5.41, 5.74) is 1.80. The number of carbonyl (C=O) groups excluding carboxylic acids is 1. The third kappa shape index (κ3) is 5.13. The average Bonchev–Trinajstić information content (AvgIpc) is 2.26. The van der Waals surface area contributed by atoms with Gasteiger partial charge in [0.05, 0.1) is 5.56 Å². The molecule has 5 heteroatoms. The van der Waals surface area contributed by atoms with Gasteiger partial charge in [0.25, 0.3) is 0 Å². The minimum absolute atomic E-state index is 0.0793. The predicted octanol–water partition coefficient (Wildman–Crippen LogP) is 5.61. The van der Waals surface area contributed by atoms with Crippen LogP contribution in [-0.4, -0.2) is 6.29 Å². The second kappa shape index (κ2) is 7.64. The van der Waals surface area contributed by atoms with Crippen LogP contribution in [0.1, 0.15) is 21.5 Å². The fourth-order valence-corrected chi connectivity index (χ4v) is 2.74. The second-order valence-corrected chi connectivity index (χ2v) is 5.98. The van der Waals surface area contributed by atoms with Crippen molar-refractivity contribution in [2.24, 2.45) is 0 Å². The van der Waals surface area contributed by atoms with E-state index < -0.39 is 5.82 Å². The molecule has 0 aliphatic heterocycles. The van der Waals surface area contributed by atoms with Gasteiger partial charge in [-0.2, -0.15) is 0 Å². The molecule has 106 valence electrons. The van der Waals surface area contributed by atoms with E-state index in [2.05, 4.69) is 31.9 Å². The zero-order valence-corrected chi connectivity index (χ0v) is 14.1. The summed E-state index contributed by atoms with van der Waals surface area (Å²) >= 11 is 6.26. The van der Waals surface area contributed by atoms with Gasteiger partial charge in [0.15, 0.2) is 6.29 Å². The third-order valence-electron chi connectivity index (χ3n) is 2.35. The van der Waals surface area contributed by atoms with Gasteiger partial charge >= 0.3 is 0 Å². The van der Waals surface area contributed by atoms with Crippen molar-refractivity contribution in [3.05, 3.63) is 67.6 Å². The van der Waals surface area contributed by atoms with Gasteiger partial charge in [0, 0.05) is 8.95 Å². The Kier molecular flexibility index (Phi) is 6.49. The maximum atomic E-state index is 12.9. The Bertz CT molecular complexity index is 554. The Morgan fingerprint density at radius 1 is 0.950 bits per heavy atom. The molecule has 0 aliphatic carbocycles. The molecule has 2 aromatic rings. The zero-order chi connectivity index (χ0) is 15.3. The minimum atomic E-state index is -0.480. The highest BCUT2D eigenvalue weighted by Gasteiger charge is 2.05. The molecule has 0 aliphatic rings. The quantitative estimate of drug-likeness (QED) is 0.564. The van der Waals surface area contributed by atoms with Gasteiger partial charge in [-0.3, -0.25) is 4.79 Å². The zero-order valence-electron chi connectivity index (χ0n) is 10.9. The van der Waals surface area contributed by atoms with Crippen LogP contribution >= 0.6 is 31.9 Å². The Morgan fingerprint density at radius 2 is 1.55 bits per heavy atom. The Hall–Kier alpha value is -1.07. The van der Waals surface area contributed by atoms with E-state index in [1.807, 2.05) is 13.0 Å². The number of aldehydes is 1. The smallest absolute Gasteiger partial charge is 0.154 e. The van der Waals surface area contributed by atoms with Gasteiger partial charge in [-0.15, -0.1) is 0 Å². The summed E-state index contributed by atoms with van der Waals surface area (Å²) in [5.74, 6) is -0.672. The molecule has 0 radical (unpaired) electrons. The van der Waals surface area contributed by atoms with Gasteiger partial charge < -0.3 is 0 Å². The van der Waals surface area contributed by atoms with E-state index >= 15 is 0 Å². The van der Waals surface area contributed by atoms with E-state index in [1.165, 1.54) is 18.2 Å². The average molecular weight is 406 g/mol. The monoisotopic (exact) mass is 404 g/mol. The summed E-state index contributed by atoms with van der Waals surface area (Å²) in [6.45, 7) is 3.62. The van der Waals surface area contributed by atoms with E-state index in [0.717, 1.165) is 15.6 Å². The molecular formula is C15H12Br2F2O. The molecule has 0 heterocycles. The SMILES string of the molecule is Cc1cc(F)c(C=O)c(Br)c1.Cc1cc(F)cc(Br)c1. The summed E-state index contributed by atoms with van der Waals surface area (Å²) in [5, 5.41) is 0. The fraction of sp³-hybridized carbons (Fsp3) is 0.133. The van der Waals surface area contributed by atoms with Crippen LogP contribution in [0.15, 0.2) is 39.3 Å². The van der Waals surface area contributed by atoms with Gasteiger partial charge in [-0.05, 0) is 71.2 Å². The van der Waals surface area contributed by atoms with Crippen LogP contribution in [0.5, 0.6) is 0 Å². The van der Waals surface area contributed by atoms with E-state index in [4.69, 9.17) is 0 Å². The lowest BCUT2D eigenvalue weighted by atomic mass is 10.1. The van der Waals surface area contributed by atoms with E-state index in [0.29, 0.717) is 10.8 Å². The van der Waals surface area contributed by atoms with Crippen LogP contribution in [-0.2, 0) is 0 Å². The first-order valence-corrected chi connectivity index (χ1v) is 7.25. The predicted molar refractivity (Wildman–Crippen MR) is 83.1 cm³/mol. The molecule has 0 N–H and O–H groups in total. The minimum Gasteiger partial charge on any atom is -0.298 e.